The minimum absolute atomic E-state index is 0.0307. The van der Waals surface area contributed by atoms with Crippen LogP contribution in [0.2, 0.25) is 0 Å². The number of carbonyl (C=O) groups excluding carboxylic acids is 2. The quantitative estimate of drug-likeness (QED) is 0.231. The van der Waals surface area contributed by atoms with Crippen molar-refractivity contribution in [1.82, 2.24) is 0 Å². The van der Waals surface area contributed by atoms with Gasteiger partial charge < -0.3 is 9.53 Å². The Morgan fingerprint density at radius 3 is 2.50 bits per heavy atom. The summed E-state index contributed by atoms with van der Waals surface area (Å²) in [5, 5.41) is -0.0307. The number of hydrogen-bond donors (Lipinski definition) is 0. The van der Waals surface area contributed by atoms with Gasteiger partial charge in [0.1, 0.15) is 5.41 Å². The van der Waals surface area contributed by atoms with Crippen LogP contribution in [0.15, 0.2) is 25.0 Å². The molecule has 0 aliphatic heterocycles. The summed E-state index contributed by atoms with van der Waals surface area (Å²) in [7, 11) is 0.438. The molecule has 54 valence electrons. The second-order valence-corrected chi connectivity index (χ2v) is 2.54. The Bertz CT molecular complexity index is 183. The molecule has 0 heterocycles. The van der Waals surface area contributed by atoms with Crippen molar-refractivity contribution < 1.29 is 14.3 Å². The molecule has 0 aromatic carbocycles. The van der Waals surface area contributed by atoms with E-state index < -0.39 is 5.97 Å². The Kier molecular flexibility index (Phi) is 4.15. The molecular weight excluding hydrogens is 148 g/mol. The van der Waals surface area contributed by atoms with Crippen molar-refractivity contribution in [3.63, 3.8) is 0 Å². The van der Waals surface area contributed by atoms with Crippen LogP contribution in [0.5, 0.6) is 0 Å². The molecule has 0 rings (SSSR count). The zero-order valence-corrected chi connectivity index (χ0v) is 7.66. The lowest BCUT2D eigenvalue weighted by Crippen LogP contribution is -1.94. The Morgan fingerprint density at radius 2 is 2.10 bits per heavy atom. The number of ether oxygens (including phenoxy) is 1. The van der Waals surface area contributed by atoms with E-state index in [1.54, 1.807) is 0 Å². The third-order valence-corrected chi connectivity index (χ3v) is 0.987. The summed E-state index contributed by atoms with van der Waals surface area (Å²) in [6.45, 7) is 3.17. The lowest BCUT2D eigenvalue weighted by Gasteiger charge is -1.88. The van der Waals surface area contributed by atoms with E-state index in [-0.39, 0.29) is 5.41 Å². The predicted molar refractivity (Wildman–Crippen MR) is 40.4 cm³/mol. The van der Waals surface area contributed by atoms with Gasteiger partial charge in [0.05, 0.1) is 16.5 Å². The zero-order chi connectivity index (χ0) is 7.98. The third-order valence-electron chi connectivity index (χ3n) is 0.654. The number of allylic oxidation sites excluding steroid dienone is 1. The highest BCUT2D eigenvalue weighted by Gasteiger charge is 1.88. The van der Waals surface area contributed by atoms with E-state index in [1.807, 2.05) is 0 Å². The molecule has 4 heteroatoms. The lowest BCUT2D eigenvalue weighted by molar-refractivity contribution is -0.132. The first-order valence-corrected chi connectivity index (χ1v) is 3.67. The van der Waals surface area contributed by atoms with Gasteiger partial charge in [0.2, 0.25) is 0 Å². The van der Waals surface area contributed by atoms with Gasteiger partial charge in [-0.15, -0.1) is 0 Å². The second-order valence-electron chi connectivity index (χ2n) is 1.55. The fourth-order valence-electron chi connectivity index (χ4n) is 0.245. The van der Waals surface area contributed by atoms with E-state index in [9.17, 15) is 9.59 Å². The third kappa shape index (κ3) is 4.98. The minimum Gasteiger partial charge on any atom is -0.431 e. The smallest absolute Gasteiger partial charge is 0.334 e. The van der Waals surface area contributed by atoms with Gasteiger partial charge in [0.15, 0.2) is 0 Å². The molecule has 0 spiro atoms. The summed E-state index contributed by atoms with van der Waals surface area (Å²) in [6.07, 6.45) is 3.31. The molecule has 0 saturated heterocycles. The van der Waals surface area contributed by atoms with E-state index in [2.05, 4.69) is 11.3 Å². The Labute approximate surface area is 61.8 Å². The maximum absolute atomic E-state index is 10.3. The molecule has 3 nitrogen and oxygen atoms in total. The van der Waals surface area contributed by atoms with Gasteiger partial charge in [-0.25, -0.2) is 4.79 Å². The van der Waals surface area contributed by atoms with Crippen LogP contribution in [-0.4, -0.2) is 21.6 Å². The molecule has 0 amide bonds. The summed E-state index contributed by atoms with van der Waals surface area (Å²) in [5.74, 6) is -0.556. The zero-order valence-electron chi connectivity index (χ0n) is 5.66. The summed E-state index contributed by atoms with van der Waals surface area (Å²) in [4.78, 5) is 20.6. The van der Waals surface area contributed by atoms with Crippen LogP contribution in [-0.2, 0) is 14.3 Å². The van der Waals surface area contributed by atoms with E-state index in [0.29, 0.717) is 10.2 Å². The average Bonchev–Trinajstić information content (AvgIpc) is 1.87. The molecule has 0 aliphatic carbocycles. The van der Waals surface area contributed by atoms with Crippen LogP contribution in [0.1, 0.15) is 0 Å². The van der Waals surface area contributed by atoms with E-state index in [0.717, 1.165) is 12.3 Å². The number of carbonyl (C=O) groups is 2. The van der Waals surface area contributed by atoms with Crippen LogP contribution < -0.4 is 0 Å². The summed E-state index contributed by atoms with van der Waals surface area (Å²) >= 11 is 0. The average molecular weight is 156 g/mol. The fourth-order valence-corrected chi connectivity index (χ4v) is 0.381. The van der Waals surface area contributed by atoms with E-state index in [1.165, 1.54) is 6.08 Å². The van der Waals surface area contributed by atoms with Gasteiger partial charge >= 0.3 is 5.97 Å². The first kappa shape index (κ1) is 8.84. The summed E-state index contributed by atoms with van der Waals surface area (Å²) < 4.78 is 4.37. The molecule has 10 heavy (non-hydrogen) atoms. The second kappa shape index (κ2) is 4.69. The Morgan fingerprint density at radius 1 is 1.50 bits per heavy atom. The Hall–Kier alpha value is -1.16. The van der Waals surface area contributed by atoms with Gasteiger partial charge in [-0.3, -0.25) is 0 Å². The van der Waals surface area contributed by atoms with E-state index >= 15 is 0 Å². The van der Waals surface area contributed by atoms with E-state index in [4.69, 9.17) is 0 Å². The van der Waals surface area contributed by atoms with Crippen molar-refractivity contribution in [3.8, 4) is 0 Å². The normalized spacial score (nSPS) is 9.60. The number of hydrogen-bond acceptors (Lipinski definition) is 3. The van der Waals surface area contributed by atoms with Gasteiger partial charge in [0, 0.05) is 12.2 Å². The van der Waals surface area contributed by atoms with Gasteiger partial charge in [0.25, 0.3) is 0 Å². The fraction of sp³-hybridized carbons (Fsp3) is 0. The standard InChI is InChI=1S/C6H8O3Si/c1-2-5(7)9-4-3-6(8)10/h2-4H,1H2,10H3. The highest BCUT2D eigenvalue weighted by molar-refractivity contribution is 6.60. The summed E-state index contributed by atoms with van der Waals surface area (Å²) in [6, 6.07) is 0. The number of rotatable bonds is 3. The number of esters is 1. The Balaban J connectivity index is 3.63. The molecule has 0 aliphatic rings. The van der Waals surface area contributed by atoms with Gasteiger partial charge in [-0.1, -0.05) is 6.58 Å². The van der Waals surface area contributed by atoms with Crippen molar-refractivity contribution in [3.05, 3.63) is 25.0 Å². The van der Waals surface area contributed by atoms with Gasteiger partial charge in [-0.2, -0.15) is 0 Å². The maximum Gasteiger partial charge on any atom is 0.334 e. The van der Waals surface area contributed by atoms with Crippen molar-refractivity contribution >= 4 is 21.6 Å². The topological polar surface area (TPSA) is 43.4 Å². The highest BCUT2D eigenvalue weighted by atomic mass is 28.1. The van der Waals surface area contributed by atoms with Crippen LogP contribution in [0.3, 0.4) is 0 Å². The van der Waals surface area contributed by atoms with Crippen molar-refractivity contribution in [2.24, 2.45) is 0 Å². The molecular formula is C6H8O3Si. The molecule has 0 aromatic rings. The molecule has 0 saturated carbocycles. The summed E-state index contributed by atoms with van der Waals surface area (Å²) in [5.41, 5.74) is 0. The van der Waals surface area contributed by atoms with Crippen LogP contribution in [0.4, 0.5) is 0 Å². The molecule has 0 radical (unpaired) electrons. The molecule has 0 unspecified atom stereocenters. The van der Waals surface area contributed by atoms with Crippen LogP contribution >= 0.6 is 0 Å². The van der Waals surface area contributed by atoms with Crippen molar-refractivity contribution in [1.29, 1.82) is 0 Å². The monoisotopic (exact) mass is 156 g/mol. The van der Waals surface area contributed by atoms with Crippen LogP contribution in [0.25, 0.3) is 0 Å². The highest BCUT2D eigenvalue weighted by Crippen LogP contribution is 1.80. The predicted octanol–water partition coefficient (Wildman–Crippen LogP) is -0.879. The van der Waals surface area contributed by atoms with Crippen molar-refractivity contribution in [2.45, 2.75) is 0 Å². The van der Waals surface area contributed by atoms with Crippen LogP contribution in [0, 0.1) is 0 Å². The first-order valence-electron chi connectivity index (χ1n) is 2.67. The first-order chi connectivity index (χ1) is 4.66. The molecule has 0 bridgehead atoms. The molecule has 0 aromatic heterocycles. The minimum atomic E-state index is -0.556. The molecule has 0 fully saturated rings. The SMILES string of the molecule is C=CC(=O)OC=CC(=O)[SiH3]. The largest absolute Gasteiger partial charge is 0.431 e. The maximum atomic E-state index is 10.3. The molecule has 0 N–H and O–H groups in total. The van der Waals surface area contributed by atoms with Crippen molar-refractivity contribution in [2.75, 3.05) is 0 Å². The lowest BCUT2D eigenvalue weighted by atomic mass is 10.6. The van der Waals surface area contributed by atoms with Gasteiger partial charge in [-0.05, 0) is 0 Å². The molecule has 0 atom stereocenters.